The van der Waals surface area contributed by atoms with Crippen LogP contribution in [0.15, 0.2) is 42.5 Å². The lowest BCUT2D eigenvalue weighted by Crippen LogP contribution is -2.41. The molecule has 30 heavy (non-hydrogen) atoms. The minimum atomic E-state index is -0.133. The van der Waals surface area contributed by atoms with E-state index >= 15 is 0 Å². The molecule has 2 aromatic rings. The summed E-state index contributed by atoms with van der Waals surface area (Å²) >= 11 is 0. The van der Waals surface area contributed by atoms with Crippen LogP contribution in [0.1, 0.15) is 46.1 Å². The molecule has 1 N–H and O–H groups in total. The highest BCUT2D eigenvalue weighted by Gasteiger charge is 2.26. The van der Waals surface area contributed by atoms with Gasteiger partial charge in [-0.05, 0) is 47.7 Å². The van der Waals surface area contributed by atoms with Crippen molar-refractivity contribution in [2.75, 3.05) is 30.0 Å². The number of hydrogen-bond donors (Lipinski definition) is 1. The molecule has 0 spiro atoms. The van der Waals surface area contributed by atoms with E-state index in [2.05, 4.69) is 38.2 Å². The van der Waals surface area contributed by atoms with Crippen molar-refractivity contribution in [3.63, 3.8) is 0 Å². The zero-order chi connectivity index (χ0) is 21.7. The van der Waals surface area contributed by atoms with Gasteiger partial charge in [0.2, 0.25) is 5.91 Å². The van der Waals surface area contributed by atoms with Crippen molar-refractivity contribution in [2.24, 2.45) is 0 Å². The van der Waals surface area contributed by atoms with E-state index in [1.165, 1.54) is 5.56 Å². The first-order valence-electron chi connectivity index (χ1n) is 10.4. The summed E-state index contributed by atoms with van der Waals surface area (Å²) in [6.45, 7) is 9.21. The van der Waals surface area contributed by atoms with Crippen molar-refractivity contribution in [2.45, 2.75) is 46.0 Å². The van der Waals surface area contributed by atoms with Crippen LogP contribution in [-0.4, -0.2) is 31.6 Å². The molecule has 0 saturated heterocycles. The van der Waals surface area contributed by atoms with Crippen molar-refractivity contribution >= 4 is 23.2 Å². The predicted molar refractivity (Wildman–Crippen MR) is 118 cm³/mol. The molecule has 0 radical (unpaired) electrons. The van der Waals surface area contributed by atoms with Gasteiger partial charge in [0, 0.05) is 12.1 Å². The molecule has 0 bridgehead atoms. The minimum absolute atomic E-state index is 0.00514. The number of carbonyl (C=O) groups excluding carboxylic acids is 2. The van der Waals surface area contributed by atoms with E-state index in [1.54, 1.807) is 23.1 Å². The first kappa shape index (κ1) is 21.7. The molecule has 1 aliphatic heterocycles. The van der Waals surface area contributed by atoms with Crippen molar-refractivity contribution in [1.82, 2.24) is 0 Å². The third kappa shape index (κ3) is 5.32. The zero-order valence-electron chi connectivity index (χ0n) is 18.2. The number of benzene rings is 2. The second-order valence-electron chi connectivity index (χ2n) is 8.44. The second-order valence-corrected chi connectivity index (χ2v) is 8.44. The molecule has 6 heteroatoms. The topological polar surface area (TPSA) is 67.9 Å². The van der Waals surface area contributed by atoms with E-state index in [0.29, 0.717) is 36.7 Å². The quantitative estimate of drug-likeness (QED) is 0.728. The van der Waals surface area contributed by atoms with Crippen LogP contribution in [0, 0.1) is 0 Å². The van der Waals surface area contributed by atoms with Gasteiger partial charge in [-0.1, -0.05) is 39.8 Å². The largest absolute Gasteiger partial charge is 0.492 e. The maximum absolute atomic E-state index is 12.4. The molecule has 0 aromatic heterocycles. The number of hydrogen-bond acceptors (Lipinski definition) is 4. The average molecular weight is 411 g/mol. The Labute approximate surface area is 178 Å². The normalized spacial score (nSPS) is 13.5. The Hall–Kier alpha value is -3.02. The van der Waals surface area contributed by atoms with E-state index in [9.17, 15) is 9.59 Å². The third-order valence-electron chi connectivity index (χ3n) is 4.97. The number of amides is 2. The molecule has 6 nitrogen and oxygen atoms in total. The average Bonchev–Trinajstić information content (AvgIpc) is 2.69. The highest BCUT2D eigenvalue weighted by atomic mass is 16.5. The van der Waals surface area contributed by atoms with E-state index in [-0.39, 0.29) is 23.8 Å². The summed E-state index contributed by atoms with van der Waals surface area (Å²) in [6.07, 6.45) is 1.23. The Bertz CT molecular complexity index is 900. The fraction of sp³-hybridized carbons (Fsp3) is 0.417. The Morgan fingerprint density at radius 1 is 1.17 bits per heavy atom. The summed E-state index contributed by atoms with van der Waals surface area (Å²) in [5.74, 6) is 1.21. The standard InChI is InChI=1S/C24H30N2O4/c1-5-6-22(27)25-18-9-12-21-20(15-18)26(23(28)16-30-21)13-14-29-19-10-7-17(8-11-19)24(2,3)4/h7-12,15H,5-6,13-14,16H2,1-4H3,(H,25,27). The van der Waals surface area contributed by atoms with Gasteiger partial charge < -0.3 is 19.7 Å². The zero-order valence-corrected chi connectivity index (χ0v) is 18.2. The minimum Gasteiger partial charge on any atom is -0.492 e. The van der Waals surface area contributed by atoms with Crippen LogP contribution in [0.5, 0.6) is 11.5 Å². The van der Waals surface area contributed by atoms with Crippen LogP contribution in [0.2, 0.25) is 0 Å². The van der Waals surface area contributed by atoms with E-state index in [1.807, 2.05) is 19.1 Å². The Kier molecular flexibility index (Phi) is 6.65. The van der Waals surface area contributed by atoms with Gasteiger partial charge in [-0.25, -0.2) is 0 Å². The van der Waals surface area contributed by atoms with Gasteiger partial charge in [0.15, 0.2) is 6.61 Å². The highest BCUT2D eigenvalue weighted by Crippen LogP contribution is 2.34. The molecule has 0 aliphatic carbocycles. The first-order valence-corrected chi connectivity index (χ1v) is 10.4. The van der Waals surface area contributed by atoms with Crippen LogP contribution < -0.4 is 19.7 Å². The lowest BCUT2D eigenvalue weighted by molar-refractivity contribution is -0.121. The molecule has 0 unspecified atom stereocenters. The summed E-state index contributed by atoms with van der Waals surface area (Å²) in [5, 5.41) is 2.86. The SMILES string of the molecule is CCCC(=O)Nc1ccc2c(c1)N(CCOc1ccc(C(C)(C)C)cc1)C(=O)CO2. The summed E-state index contributed by atoms with van der Waals surface area (Å²) in [6, 6.07) is 13.4. The van der Waals surface area contributed by atoms with E-state index in [4.69, 9.17) is 9.47 Å². The fourth-order valence-corrected chi connectivity index (χ4v) is 3.28. The van der Waals surface area contributed by atoms with Gasteiger partial charge in [-0.2, -0.15) is 0 Å². The van der Waals surface area contributed by atoms with Crippen LogP contribution in [0.25, 0.3) is 0 Å². The Balaban J connectivity index is 1.66. The maximum atomic E-state index is 12.4. The lowest BCUT2D eigenvalue weighted by Gasteiger charge is -2.29. The molecule has 2 amide bonds. The summed E-state index contributed by atoms with van der Waals surface area (Å²) in [7, 11) is 0. The van der Waals surface area contributed by atoms with Crippen molar-refractivity contribution in [3.05, 3.63) is 48.0 Å². The second kappa shape index (κ2) is 9.20. The highest BCUT2D eigenvalue weighted by molar-refractivity contribution is 5.99. The van der Waals surface area contributed by atoms with Crippen LogP contribution in [0.3, 0.4) is 0 Å². The van der Waals surface area contributed by atoms with Gasteiger partial charge in [-0.3, -0.25) is 9.59 Å². The van der Waals surface area contributed by atoms with E-state index in [0.717, 1.165) is 12.2 Å². The first-order chi connectivity index (χ1) is 14.3. The lowest BCUT2D eigenvalue weighted by atomic mass is 9.87. The molecule has 3 rings (SSSR count). The molecular formula is C24H30N2O4. The number of rotatable bonds is 7. The molecule has 160 valence electrons. The Morgan fingerprint density at radius 3 is 2.57 bits per heavy atom. The number of nitrogens with zero attached hydrogens (tertiary/aromatic N) is 1. The smallest absolute Gasteiger partial charge is 0.265 e. The number of ether oxygens (including phenoxy) is 2. The molecular weight excluding hydrogens is 380 g/mol. The molecule has 0 fully saturated rings. The van der Waals surface area contributed by atoms with E-state index < -0.39 is 0 Å². The van der Waals surface area contributed by atoms with Crippen molar-refractivity contribution in [1.29, 1.82) is 0 Å². The van der Waals surface area contributed by atoms with Crippen LogP contribution in [-0.2, 0) is 15.0 Å². The van der Waals surface area contributed by atoms with Crippen molar-refractivity contribution in [3.8, 4) is 11.5 Å². The van der Waals surface area contributed by atoms with Crippen LogP contribution >= 0.6 is 0 Å². The number of fused-ring (bicyclic) bond motifs is 1. The maximum Gasteiger partial charge on any atom is 0.265 e. The predicted octanol–water partition coefficient (Wildman–Crippen LogP) is 4.53. The van der Waals surface area contributed by atoms with Gasteiger partial charge in [0.05, 0.1) is 12.2 Å². The summed E-state index contributed by atoms with van der Waals surface area (Å²) in [5.41, 5.74) is 2.62. The molecule has 1 aliphatic rings. The molecule has 1 heterocycles. The summed E-state index contributed by atoms with van der Waals surface area (Å²) < 4.78 is 11.4. The van der Waals surface area contributed by atoms with Gasteiger partial charge >= 0.3 is 0 Å². The molecule has 0 saturated carbocycles. The molecule has 0 atom stereocenters. The molecule has 2 aromatic carbocycles. The van der Waals surface area contributed by atoms with Crippen molar-refractivity contribution < 1.29 is 19.1 Å². The van der Waals surface area contributed by atoms with Gasteiger partial charge in [-0.15, -0.1) is 0 Å². The number of anilines is 2. The fourth-order valence-electron chi connectivity index (χ4n) is 3.28. The summed E-state index contributed by atoms with van der Waals surface area (Å²) in [4.78, 5) is 26.0. The van der Waals surface area contributed by atoms with Crippen LogP contribution in [0.4, 0.5) is 11.4 Å². The van der Waals surface area contributed by atoms with Gasteiger partial charge in [0.25, 0.3) is 5.91 Å². The number of carbonyl (C=O) groups is 2. The Morgan fingerprint density at radius 2 is 1.90 bits per heavy atom. The monoisotopic (exact) mass is 410 g/mol. The number of nitrogens with one attached hydrogen (secondary N) is 1. The third-order valence-corrected chi connectivity index (χ3v) is 4.97. The van der Waals surface area contributed by atoms with Gasteiger partial charge in [0.1, 0.15) is 18.1 Å².